The predicted octanol–water partition coefficient (Wildman–Crippen LogP) is 3.17. The van der Waals surface area contributed by atoms with Crippen molar-refractivity contribution in [3.8, 4) is 0 Å². The molecule has 0 atom stereocenters. The lowest BCUT2D eigenvalue weighted by molar-refractivity contribution is -0.130. The van der Waals surface area contributed by atoms with Gasteiger partial charge in [-0.05, 0) is 60.4 Å². The number of carbonyl (C=O) groups is 1. The van der Waals surface area contributed by atoms with Gasteiger partial charge in [-0.2, -0.15) is 0 Å². The number of guanidine groups is 2. The fraction of sp³-hybridized carbons (Fsp3) is 0.286. The fourth-order valence-corrected chi connectivity index (χ4v) is 6.18. The maximum Gasteiger partial charge on any atom is 0.228 e. The lowest BCUT2D eigenvalue weighted by Crippen LogP contribution is -2.47. The average molecular weight is 711 g/mol. The van der Waals surface area contributed by atoms with Crippen LogP contribution in [0.25, 0.3) is 0 Å². The van der Waals surface area contributed by atoms with E-state index in [-0.39, 0.29) is 37.5 Å². The van der Waals surface area contributed by atoms with E-state index < -0.39 is 5.41 Å². The van der Waals surface area contributed by atoms with Crippen molar-refractivity contribution in [2.75, 3.05) is 19.6 Å². The zero-order chi connectivity index (χ0) is 24.6. The van der Waals surface area contributed by atoms with Crippen molar-refractivity contribution in [1.29, 1.82) is 0 Å². The van der Waals surface area contributed by atoms with Crippen LogP contribution in [0.2, 0.25) is 0 Å². The molecule has 178 valence electrons. The quantitative estimate of drug-likeness (QED) is 0.146. The lowest BCUT2D eigenvalue weighted by atomic mass is 9.75. The third-order valence-electron chi connectivity index (χ3n) is 4.67. The molecule has 0 bridgehead atoms. The molecule has 0 aliphatic carbocycles. The molecule has 0 heterocycles. The van der Waals surface area contributed by atoms with E-state index in [9.17, 15) is 4.79 Å². The molecule has 33 heavy (non-hydrogen) atoms. The van der Waals surface area contributed by atoms with Gasteiger partial charge in [-0.1, -0.05) is 63.7 Å². The van der Waals surface area contributed by atoms with Gasteiger partial charge in [0.15, 0.2) is 11.9 Å². The van der Waals surface area contributed by atoms with Crippen LogP contribution >= 0.6 is 63.7 Å². The molecule has 2 aromatic carbocycles. The second-order valence-electron chi connectivity index (χ2n) is 7.49. The summed E-state index contributed by atoms with van der Waals surface area (Å²) >= 11 is 14.1. The van der Waals surface area contributed by atoms with Crippen LogP contribution in [-0.2, 0) is 17.6 Å². The monoisotopic (exact) mass is 707 g/mol. The molecule has 8 nitrogen and oxygen atoms in total. The minimum absolute atomic E-state index is 0.0333. The molecule has 0 saturated carbocycles. The maximum atomic E-state index is 13.7. The van der Waals surface area contributed by atoms with E-state index in [4.69, 9.17) is 22.9 Å². The van der Waals surface area contributed by atoms with Gasteiger partial charge in [0.25, 0.3) is 0 Å². The van der Waals surface area contributed by atoms with Crippen LogP contribution in [-0.4, -0.2) is 37.5 Å². The Kier molecular flexibility index (Phi) is 10.6. The molecule has 0 spiro atoms. The van der Waals surface area contributed by atoms with E-state index in [0.717, 1.165) is 29.0 Å². The van der Waals surface area contributed by atoms with Gasteiger partial charge in [-0.25, -0.2) is 0 Å². The summed E-state index contributed by atoms with van der Waals surface area (Å²) in [6.07, 6.45) is 0.778. The largest absolute Gasteiger partial charge is 0.370 e. The van der Waals surface area contributed by atoms with Crippen LogP contribution in [0.3, 0.4) is 0 Å². The first-order valence-corrected chi connectivity index (χ1v) is 13.0. The summed E-state index contributed by atoms with van der Waals surface area (Å²) in [5.41, 5.74) is 23.0. The number of nitrogens with zero attached hydrogens (tertiary/aromatic N) is 2. The summed E-state index contributed by atoms with van der Waals surface area (Å²) in [5.74, 6) is -0.321. The molecule has 0 radical (unpaired) electrons. The van der Waals surface area contributed by atoms with E-state index in [1.54, 1.807) is 0 Å². The molecule has 12 heteroatoms. The molecule has 9 N–H and O–H groups in total. The third-order valence-corrected chi connectivity index (χ3v) is 6.50. The van der Waals surface area contributed by atoms with Gasteiger partial charge in [0.1, 0.15) is 0 Å². The summed E-state index contributed by atoms with van der Waals surface area (Å²) in [6, 6.07) is 11.7. The van der Waals surface area contributed by atoms with Gasteiger partial charge < -0.3 is 28.3 Å². The third kappa shape index (κ3) is 9.26. The second-order valence-corrected chi connectivity index (χ2v) is 11.2. The zero-order valence-electron chi connectivity index (χ0n) is 17.6. The topological polar surface area (TPSA) is 158 Å². The molecule has 2 rings (SSSR count). The zero-order valence-corrected chi connectivity index (χ0v) is 24.0. The highest BCUT2D eigenvalue weighted by molar-refractivity contribution is 9.11. The van der Waals surface area contributed by atoms with E-state index in [1.165, 1.54) is 0 Å². The van der Waals surface area contributed by atoms with Crippen molar-refractivity contribution in [3.05, 3.63) is 65.4 Å². The van der Waals surface area contributed by atoms with Crippen LogP contribution in [0.5, 0.6) is 0 Å². The molecular formula is C21H25Br4N7O. The van der Waals surface area contributed by atoms with Gasteiger partial charge in [0.05, 0.1) is 18.5 Å². The maximum absolute atomic E-state index is 13.7. The van der Waals surface area contributed by atoms with Crippen LogP contribution in [0, 0.1) is 5.41 Å². The molecule has 2 aromatic rings. The predicted molar refractivity (Wildman–Crippen MR) is 148 cm³/mol. The fourth-order valence-electron chi connectivity index (χ4n) is 3.40. The van der Waals surface area contributed by atoms with Gasteiger partial charge in [0.2, 0.25) is 5.91 Å². The van der Waals surface area contributed by atoms with E-state index >= 15 is 0 Å². The number of nitrogens with two attached hydrogens (primary N) is 4. The van der Waals surface area contributed by atoms with Crippen LogP contribution in [0.1, 0.15) is 11.1 Å². The number of amides is 1. The van der Waals surface area contributed by atoms with E-state index in [2.05, 4.69) is 79.0 Å². The second kappa shape index (κ2) is 12.7. The summed E-state index contributed by atoms with van der Waals surface area (Å²) < 4.78 is 3.56. The first kappa shape index (κ1) is 27.6. The SMILES string of the molecule is NC(N)=NCCNC(=O)C(CN=C(N)N)(Cc1cc(Br)cc(Br)c1)Cc1cc(Br)cc(Br)c1. The van der Waals surface area contributed by atoms with Crippen LogP contribution < -0.4 is 28.3 Å². The molecule has 0 saturated heterocycles. The molecule has 0 aliphatic rings. The lowest BCUT2D eigenvalue weighted by Gasteiger charge is -2.32. The van der Waals surface area contributed by atoms with Crippen molar-refractivity contribution >= 4 is 81.5 Å². The van der Waals surface area contributed by atoms with Gasteiger partial charge in [0, 0.05) is 24.4 Å². The summed E-state index contributed by atoms with van der Waals surface area (Å²) in [5, 5.41) is 2.95. The number of hydrogen-bond donors (Lipinski definition) is 5. The van der Waals surface area contributed by atoms with Gasteiger partial charge in [-0.3, -0.25) is 14.8 Å². The summed E-state index contributed by atoms with van der Waals surface area (Å²) in [6.45, 7) is 0.625. The molecule has 0 aromatic heterocycles. The minimum Gasteiger partial charge on any atom is -0.370 e. The Morgan fingerprint density at radius 3 is 1.58 bits per heavy atom. The highest BCUT2D eigenvalue weighted by Gasteiger charge is 2.39. The Morgan fingerprint density at radius 2 is 1.18 bits per heavy atom. The van der Waals surface area contributed by atoms with Crippen molar-refractivity contribution in [1.82, 2.24) is 5.32 Å². The summed E-state index contributed by atoms with van der Waals surface area (Å²) in [7, 11) is 0. The normalized spacial score (nSPS) is 11.0. The molecule has 0 fully saturated rings. The van der Waals surface area contributed by atoms with Gasteiger partial charge in [-0.15, -0.1) is 0 Å². The van der Waals surface area contributed by atoms with Crippen LogP contribution in [0.4, 0.5) is 0 Å². The van der Waals surface area contributed by atoms with Crippen LogP contribution in [0.15, 0.2) is 64.3 Å². The number of carbonyl (C=O) groups excluding carboxylic acids is 1. The van der Waals surface area contributed by atoms with E-state index in [1.807, 2.05) is 36.4 Å². The Morgan fingerprint density at radius 1 is 0.758 bits per heavy atom. The van der Waals surface area contributed by atoms with Crippen molar-refractivity contribution in [3.63, 3.8) is 0 Å². The smallest absolute Gasteiger partial charge is 0.228 e. The number of benzene rings is 2. The summed E-state index contributed by atoms with van der Waals surface area (Å²) in [4.78, 5) is 21.8. The number of rotatable bonds is 10. The first-order valence-electron chi connectivity index (χ1n) is 9.78. The molecule has 1 amide bonds. The van der Waals surface area contributed by atoms with Crippen molar-refractivity contribution in [2.24, 2.45) is 38.3 Å². The van der Waals surface area contributed by atoms with E-state index in [0.29, 0.717) is 12.8 Å². The highest BCUT2D eigenvalue weighted by Crippen LogP contribution is 2.33. The number of halogens is 4. The molecular weight excluding hydrogens is 686 g/mol. The van der Waals surface area contributed by atoms with Crippen molar-refractivity contribution in [2.45, 2.75) is 12.8 Å². The standard InChI is InChI=1S/C21H25Br4N7O/c22-14-3-12(4-15(23)7-14)9-21(11-32-20(28)29,18(33)30-1-2-31-19(26)27)10-13-5-16(24)8-17(25)6-13/h3-8H,1-2,9-11H2,(H,30,33)(H4,26,27,31)(H4,28,29,32). The first-order chi connectivity index (χ1) is 15.5. The number of nitrogens with one attached hydrogen (secondary N) is 1. The highest BCUT2D eigenvalue weighted by atomic mass is 79.9. The van der Waals surface area contributed by atoms with Crippen molar-refractivity contribution < 1.29 is 4.79 Å². The molecule has 0 aliphatic heterocycles. The number of hydrogen-bond acceptors (Lipinski definition) is 3. The average Bonchev–Trinajstić information content (AvgIpc) is 2.67. The Balaban J connectivity index is 2.51. The Labute approximate surface area is 226 Å². The van der Waals surface area contributed by atoms with Gasteiger partial charge >= 0.3 is 0 Å². The number of aliphatic imine (C=N–C) groups is 2. The Bertz CT molecular complexity index is 957. The molecule has 0 unspecified atom stereocenters. The Hall–Kier alpha value is -1.63. The minimum atomic E-state index is -0.984.